The van der Waals surface area contributed by atoms with Crippen LogP contribution in [0.5, 0.6) is 5.75 Å². The summed E-state index contributed by atoms with van der Waals surface area (Å²) in [6, 6.07) is 6.28. The third-order valence-corrected chi connectivity index (χ3v) is 5.34. The maximum absolute atomic E-state index is 12.8. The molecule has 0 aliphatic carbocycles. The van der Waals surface area contributed by atoms with Gasteiger partial charge in [0.05, 0.1) is 5.25 Å². The van der Waals surface area contributed by atoms with Crippen LogP contribution in [0.15, 0.2) is 23.4 Å². The molecular weight excluding hydrogens is 374 g/mol. The molecule has 2 N–H and O–H groups in total. The quantitative estimate of drug-likeness (QED) is 0.536. The van der Waals surface area contributed by atoms with Crippen molar-refractivity contribution in [2.24, 2.45) is 0 Å². The van der Waals surface area contributed by atoms with Crippen molar-refractivity contribution >= 4 is 17.7 Å². The summed E-state index contributed by atoms with van der Waals surface area (Å²) in [5.41, 5.74) is 2.26. The first-order valence-electron chi connectivity index (χ1n) is 9.49. The highest BCUT2D eigenvalue weighted by atomic mass is 32.2. The van der Waals surface area contributed by atoms with E-state index in [-0.39, 0.29) is 29.8 Å². The number of amides is 1. The standard InChI is InChI=1S/C20H31N5O2S/c1-12(2)24(13(3)4)19(26)16(7)28-20-23-22-18(25(20)21)11-27-17-9-14(5)8-15(6)10-17/h8-10,12-13,16H,11,21H2,1-7H3/t16-/m0/s1. The van der Waals surface area contributed by atoms with Crippen LogP contribution in [-0.2, 0) is 11.4 Å². The zero-order valence-corrected chi connectivity index (χ0v) is 18.6. The maximum Gasteiger partial charge on any atom is 0.236 e. The number of thioether (sulfide) groups is 1. The molecule has 1 aromatic heterocycles. The number of nitrogens with two attached hydrogens (primary N) is 1. The summed E-state index contributed by atoms with van der Waals surface area (Å²) in [7, 11) is 0. The third-order valence-electron chi connectivity index (χ3n) is 4.30. The van der Waals surface area contributed by atoms with E-state index in [9.17, 15) is 4.79 Å². The number of hydrogen-bond donors (Lipinski definition) is 1. The summed E-state index contributed by atoms with van der Waals surface area (Å²) in [6.07, 6.45) is 0. The lowest BCUT2D eigenvalue weighted by Gasteiger charge is -2.32. The van der Waals surface area contributed by atoms with Crippen LogP contribution in [0.4, 0.5) is 0 Å². The number of rotatable bonds is 8. The van der Waals surface area contributed by atoms with Crippen LogP contribution in [0, 0.1) is 13.8 Å². The van der Waals surface area contributed by atoms with Crippen LogP contribution in [0.2, 0.25) is 0 Å². The number of benzene rings is 1. The fourth-order valence-corrected chi connectivity index (χ4v) is 4.02. The highest BCUT2D eigenvalue weighted by Gasteiger charge is 2.27. The molecule has 8 heteroatoms. The lowest BCUT2D eigenvalue weighted by atomic mass is 10.1. The highest BCUT2D eigenvalue weighted by molar-refractivity contribution is 8.00. The Balaban J connectivity index is 2.04. The van der Waals surface area contributed by atoms with Crippen molar-refractivity contribution in [3.63, 3.8) is 0 Å². The fraction of sp³-hybridized carbons (Fsp3) is 0.550. The van der Waals surface area contributed by atoms with Crippen molar-refractivity contribution in [2.45, 2.75) is 77.6 Å². The van der Waals surface area contributed by atoms with Gasteiger partial charge in [-0.25, -0.2) is 4.68 Å². The Morgan fingerprint density at radius 3 is 2.21 bits per heavy atom. The van der Waals surface area contributed by atoms with Gasteiger partial charge in [0, 0.05) is 12.1 Å². The van der Waals surface area contributed by atoms with Crippen molar-refractivity contribution in [1.29, 1.82) is 0 Å². The Hall–Kier alpha value is -2.22. The summed E-state index contributed by atoms with van der Waals surface area (Å²) in [5.74, 6) is 7.47. The Morgan fingerprint density at radius 2 is 1.68 bits per heavy atom. The maximum atomic E-state index is 12.8. The monoisotopic (exact) mass is 405 g/mol. The predicted molar refractivity (Wildman–Crippen MR) is 113 cm³/mol. The molecule has 0 spiro atoms. The molecule has 154 valence electrons. The second-order valence-corrected chi connectivity index (χ2v) is 8.88. The lowest BCUT2D eigenvalue weighted by molar-refractivity contribution is -0.133. The van der Waals surface area contributed by atoms with Crippen molar-refractivity contribution in [2.75, 3.05) is 5.84 Å². The van der Waals surface area contributed by atoms with Crippen molar-refractivity contribution in [1.82, 2.24) is 19.8 Å². The summed E-state index contributed by atoms with van der Waals surface area (Å²) < 4.78 is 7.21. The van der Waals surface area contributed by atoms with Crippen LogP contribution < -0.4 is 10.6 Å². The molecule has 2 aromatic rings. The molecule has 0 aliphatic rings. The molecule has 0 fully saturated rings. The number of ether oxygens (including phenoxy) is 1. The zero-order chi connectivity index (χ0) is 21.0. The number of hydrogen-bond acceptors (Lipinski definition) is 6. The largest absolute Gasteiger partial charge is 0.486 e. The van der Waals surface area contributed by atoms with Gasteiger partial charge in [-0.15, -0.1) is 10.2 Å². The summed E-state index contributed by atoms with van der Waals surface area (Å²) in [4.78, 5) is 14.7. The van der Waals surface area contributed by atoms with E-state index >= 15 is 0 Å². The van der Waals surface area contributed by atoms with Crippen LogP contribution in [-0.4, -0.2) is 43.0 Å². The molecule has 1 heterocycles. The van der Waals surface area contributed by atoms with E-state index in [2.05, 4.69) is 16.3 Å². The molecule has 1 aromatic carbocycles. The minimum atomic E-state index is -0.315. The second-order valence-electron chi connectivity index (χ2n) is 7.57. The molecule has 1 atom stereocenters. The molecule has 0 unspecified atom stereocenters. The van der Waals surface area contributed by atoms with E-state index in [1.807, 2.05) is 65.5 Å². The number of nitrogens with zero attached hydrogens (tertiary/aromatic N) is 4. The zero-order valence-electron chi connectivity index (χ0n) is 17.8. The van der Waals surface area contributed by atoms with Crippen LogP contribution in [0.25, 0.3) is 0 Å². The summed E-state index contributed by atoms with van der Waals surface area (Å²) in [5, 5.41) is 8.43. The predicted octanol–water partition coefficient (Wildman–Crippen LogP) is 3.31. The molecule has 1 amide bonds. The molecular formula is C20H31N5O2S. The van der Waals surface area contributed by atoms with Gasteiger partial charge in [0.25, 0.3) is 0 Å². The Kier molecular flexibility index (Phi) is 7.35. The van der Waals surface area contributed by atoms with E-state index in [0.717, 1.165) is 16.9 Å². The average molecular weight is 406 g/mol. The van der Waals surface area contributed by atoms with Gasteiger partial charge in [-0.1, -0.05) is 17.8 Å². The summed E-state index contributed by atoms with van der Waals surface area (Å²) in [6.45, 7) is 14.2. The number of aromatic nitrogens is 3. The van der Waals surface area contributed by atoms with Crippen molar-refractivity contribution in [3.8, 4) is 5.75 Å². The first-order chi connectivity index (χ1) is 13.1. The SMILES string of the molecule is Cc1cc(C)cc(OCc2nnc(S[C@@H](C)C(=O)N(C(C)C)C(C)C)n2N)c1. The molecule has 28 heavy (non-hydrogen) atoms. The second kappa shape index (κ2) is 9.32. The molecule has 0 bridgehead atoms. The molecule has 0 aliphatic heterocycles. The van der Waals surface area contributed by atoms with Crippen LogP contribution >= 0.6 is 11.8 Å². The van der Waals surface area contributed by atoms with E-state index in [0.29, 0.717) is 11.0 Å². The summed E-state index contributed by atoms with van der Waals surface area (Å²) >= 11 is 1.31. The average Bonchev–Trinajstić information content (AvgIpc) is 2.91. The third kappa shape index (κ3) is 5.41. The first-order valence-corrected chi connectivity index (χ1v) is 10.4. The van der Waals surface area contributed by atoms with Crippen LogP contribution in [0.1, 0.15) is 51.6 Å². The van der Waals surface area contributed by atoms with Crippen molar-refractivity contribution in [3.05, 3.63) is 35.2 Å². The van der Waals surface area contributed by atoms with Gasteiger partial charge in [-0.3, -0.25) is 4.79 Å². The van der Waals surface area contributed by atoms with Gasteiger partial charge >= 0.3 is 0 Å². The molecule has 0 saturated heterocycles. The molecule has 7 nitrogen and oxygen atoms in total. The van der Waals surface area contributed by atoms with Crippen molar-refractivity contribution < 1.29 is 9.53 Å². The highest BCUT2D eigenvalue weighted by Crippen LogP contribution is 2.24. The Bertz CT molecular complexity index is 791. The number of carbonyl (C=O) groups excluding carboxylic acids is 1. The lowest BCUT2D eigenvalue weighted by Crippen LogP contribution is -2.45. The van der Waals surface area contributed by atoms with Gasteiger partial charge in [0.1, 0.15) is 12.4 Å². The number of carbonyl (C=O) groups is 1. The van der Waals surface area contributed by atoms with E-state index in [1.54, 1.807) is 0 Å². The van der Waals surface area contributed by atoms with E-state index < -0.39 is 0 Å². The van der Waals surface area contributed by atoms with Gasteiger partial charge < -0.3 is 15.5 Å². The molecule has 0 saturated carbocycles. The fourth-order valence-electron chi connectivity index (χ4n) is 3.17. The van der Waals surface area contributed by atoms with Gasteiger partial charge in [-0.05, 0) is 71.7 Å². The van der Waals surface area contributed by atoms with Crippen LogP contribution in [0.3, 0.4) is 0 Å². The van der Waals surface area contributed by atoms with E-state index in [1.165, 1.54) is 16.4 Å². The Labute approximate surface area is 171 Å². The normalized spacial score (nSPS) is 12.5. The van der Waals surface area contributed by atoms with Gasteiger partial charge in [0.15, 0.2) is 5.82 Å². The number of nitrogen functional groups attached to an aromatic ring is 1. The molecule has 0 radical (unpaired) electrons. The van der Waals surface area contributed by atoms with Gasteiger partial charge in [0.2, 0.25) is 11.1 Å². The smallest absolute Gasteiger partial charge is 0.236 e. The first kappa shape index (κ1) is 22.1. The minimum Gasteiger partial charge on any atom is -0.486 e. The number of aryl methyl sites for hydroxylation is 2. The Morgan fingerprint density at radius 1 is 1.11 bits per heavy atom. The van der Waals surface area contributed by atoms with Gasteiger partial charge in [-0.2, -0.15) is 0 Å². The van der Waals surface area contributed by atoms with E-state index in [4.69, 9.17) is 10.6 Å². The molecule has 2 rings (SSSR count). The topological polar surface area (TPSA) is 86.3 Å². The minimum absolute atomic E-state index is 0.0611.